The van der Waals surface area contributed by atoms with E-state index in [9.17, 15) is 4.79 Å². The second kappa shape index (κ2) is 8.41. The van der Waals surface area contributed by atoms with Gasteiger partial charge in [0, 0.05) is 29.9 Å². The number of rotatable bonds is 4. The van der Waals surface area contributed by atoms with Crippen molar-refractivity contribution in [3.05, 3.63) is 71.3 Å². The Hall–Kier alpha value is -3.25. The van der Waals surface area contributed by atoms with Gasteiger partial charge in [-0.1, -0.05) is 18.2 Å². The van der Waals surface area contributed by atoms with Gasteiger partial charge in [-0.25, -0.2) is 0 Å². The van der Waals surface area contributed by atoms with Crippen LogP contribution in [0.25, 0.3) is 11.3 Å². The maximum absolute atomic E-state index is 12.5. The number of nitrogens with zero attached hydrogens (tertiary/aromatic N) is 3. The molecule has 1 amide bonds. The van der Waals surface area contributed by atoms with Crippen LogP contribution in [0.2, 0.25) is 0 Å². The van der Waals surface area contributed by atoms with E-state index in [-0.39, 0.29) is 5.91 Å². The van der Waals surface area contributed by atoms with Crippen LogP contribution in [0.5, 0.6) is 0 Å². The fourth-order valence-corrected chi connectivity index (χ4v) is 3.25. The van der Waals surface area contributed by atoms with Crippen molar-refractivity contribution in [2.24, 2.45) is 0 Å². The number of hydrogen-bond donors (Lipinski definition) is 1. The molecule has 29 heavy (non-hydrogen) atoms. The van der Waals surface area contributed by atoms with Gasteiger partial charge in [0.2, 0.25) is 0 Å². The highest BCUT2D eigenvalue weighted by Crippen LogP contribution is 2.22. The molecule has 0 aliphatic carbocycles. The van der Waals surface area contributed by atoms with Gasteiger partial charge in [-0.05, 0) is 61.4 Å². The van der Waals surface area contributed by atoms with Crippen LogP contribution in [-0.4, -0.2) is 42.4 Å². The molecule has 3 aromatic rings. The lowest BCUT2D eigenvalue weighted by Crippen LogP contribution is -2.36. The van der Waals surface area contributed by atoms with Crippen LogP contribution >= 0.6 is 0 Å². The van der Waals surface area contributed by atoms with E-state index in [0.717, 1.165) is 54.6 Å². The van der Waals surface area contributed by atoms with Gasteiger partial charge in [0.25, 0.3) is 5.91 Å². The molecule has 0 atom stereocenters. The first-order valence-corrected chi connectivity index (χ1v) is 9.75. The van der Waals surface area contributed by atoms with Crippen molar-refractivity contribution in [3.8, 4) is 11.3 Å². The molecule has 4 rings (SSSR count). The molecule has 1 aromatic heterocycles. The Balaban J connectivity index is 1.43. The van der Waals surface area contributed by atoms with Crippen molar-refractivity contribution in [3.63, 3.8) is 0 Å². The summed E-state index contributed by atoms with van der Waals surface area (Å²) < 4.78 is 5.37. The highest BCUT2D eigenvalue weighted by atomic mass is 16.5. The fourth-order valence-electron chi connectivity index (χ4n) is 3.25. The van der Waals surface area contributed by atoms with Gasteiger partial charge in [-0.2, -0.15) is 0 Å². The number of nitrogens with one attached hydrogen (secondary N) is 1. The molecule has 148 valence electrons. The summed E-state index contributed by atoms with van der Waals surface area (Å²) in [6.07, 6.45) is 0. The second-order valence-corrected chi connectivity index (χ2v) is 7.21. The summed E-state index contributed by atoms with van der Waals surface area (Å²) in [7, 11) is 0. The van der Waals surface area contributed by atoms with Crippen LogP contribution in [0.4, 0.5) is 11.5 Å². The number of aromatic nitrogens is 2. The maximum atomic E-state index is 12.5. The summed E-state index contributed by atoms with van der Waals surface area (Å²) in [5.74, 6) is 0.754. The molecule has 6 nitrogen and oxygen atoms in total. The lowest BCUT2D eigenvalue weighted by atomic mass is 10.1. The minimum atomic E-state index is -0.115. The first kappa shape index (κ1) is 19.1. The number of carbonyl (C=O) groups excluding carboxylic acids is 1. The fraction of sp³-hybridized carbons (Fsp3) is 0.261. The molecule has 2 heterocycles. The van der Waals surface area contributed by atoms with E-state index in [1.807, 2.05) is 68.4 Å². The van der Waals surface area contributed by atoms with Crippen LogP contribution < -0.4 is 10.2 Å². The third-order valence-electron chi connectivity index (χ3n) is 5.19. The van der Waals surface area contributed by atoms with Gasteiger partial charge in [0.1, 0.15) is 0 Å². The van der Waals surface area contributed by atoms with Crippen molar-refractivity contribution in [1.29, 1.82) is 0 Å². The Kier molecular flexibility index (Phi) is 5.53. The molecular formula is C23H24N4O2. The molecule has 0 bridgehead atoms. The SMILES string of the molecule is Cc1ccc(C(=O)Nc2ccc(-c3ccc(N4CCOCC4)nn3)cc2)cc1C. The van der Waals surface area contributed by atoms with E-state index in [0.29, 0.717) is 5.56 Å². The van der Waals surface area contributed by atoms with Crippen molar-refractivity contribution < 1.29 is 9.53 Å². The maximum Gasteiger partial charge on any atom is 0.255 e. The number of amides is 1. The van der Waals surface area contributed by atoms with Crippen LogP contribution in [0.3, 0.4) is 0 Å². The van der Waals surface area contributed by atoms with Crippen LogP contribution in [0, 0.1) is 13.8 Å². The molecule has 2 aromatic carbocycles. The topological polar surface area (TPSA) is 67.4 Å². The van der Waals surface area contributed by atoms with Gasteiger partial charge < -0.3 is 15.0 Å². The largest absolute Gasteiger partial charge is 0.378 e. The Morgan fingerprint density at radius 1 is 0.931 bits per heavy atom. The Bertz CT molecular complexity index is 994. The van der Waals surface area contributed by atoms with Gasteiger partial charge >= 0.3 is 0 Å². The molecule has 1 fully saturated rings. The van der Waals surface area contributed by atoms with E-state index in [1.54, 1.807) is 0 Å². The lowest BCUT2D eigenvalue weighted by molar-refractivity contribution is 0.102. The summed E-state index contributed by atoms with van der Waals surface area (Å²) in [4.78, 5) is 14.6. The molecule has 6 heteroatoms. The van der Waals surface area contributed by atoms with Crippen LogP contribution in [-0.2, 0) is 4.74 Å². The van der Waals surface area contributed by atoms with Crippen molar-refractivity contribution >= 4 is 17.4 Å². The van der Waals surface area contributed by atoms with Gasteiger partial charge in [-0.3, -0.25) is 4.79 Å². The average molecular weight is 388 g/mol. The third-order valence-corrected chi connectivity index (χ3v) is 5.19. The lowest BCUT2D eigenvalue weighted by Gasteiger charge is -2.27. The van der Waals surface area contributed by atoms with Gasteiger partial charge in [-0.15, -0.1) is 10.2 Å². The normalized spacial score (nSPS) is 13.9. The molecule has 0 saturated carbocycles. The zero-order valence-electron chi connectivity index (χ0n) is 16.7. The number of anilines is 2. The number of morpholine rings is 1. The Morgan fingerprint density at radius 3 is 2.34 bits per heavy atom. The smallest absolute Gasteiger partial charge is 0.255 e. The van der Waals surface area contributed by atoms with Crippen molar-refractivity contribution in [2.45, 2.75) is 13.8 Å². The first-order chi connectivity index (χ1) is 14.1. The summed E-state index contributed by atoms with van der Waals surface area (Å²) in [5.41, 5.74) is 5.43. The zero-order chi connectivity index (χ0) is 20.2. The summed E-state index contributed by atoms with van der Waals surface area (Å²) in [6, 6.07) is 17.3. The highest BCUT2D eigenvalue weighted by Gasteiger charge is 2.13. The van der Waals surface area contributed by atoms with Gasteiger partial charge in [0.05, 0.1) is 18.9 Å². The standard InChI is InChI=1S/C23H24N4O2/c1-16-3-4-19(15-17(16)2)23(28)24-20-7-5-18(6-8-20)21-9-10-22(26-25-21)27-11-13-29-14-12-27/h3-10,15H,11-14H2,1-2H3,(H,24,28). The molecule has 1 N–H and O–H groups in total. The van der Waals surface area contributed by atoms with E-state index < -0.39 is 0 Å². The van der Waals surface area contributed by atoms with Gasteiger partial charge in [0.15, 0.2) is 5.82 Å². The predicted molar refractivity (Wildman–Crippen MR) is 114 cm³/mol. The highest BCUT2D eigenvalue weighted by molar-refractivity contribution is 6.04. The molecule has 1 saturated heterocycles. The van der Waals surface area contributed by atoms with E-state index in [1.165, 1.54) is 5.56 Å². The summed E-state index contributed by atoms with van der Waals surface area (Å²) >= 11 is 0. The van der Waals surface area contributed by atoms with E-state index >= 15 is 0 Å². The van der Waals surface area contributed by atoms with Crippen molar-refractivity contribution in [2.75, 3.05) is 36.5 Å². The molecule has 1 aliphatic rings. The third kappa shape index (κ3) is 4.43. The molecule has 0 unspecified atom stereocenters. The average Bonchev–Trinajstić information content (AvgIpc) is 2.77. The number of carbonyl (C=O) groups is 1. The second-order valence-electron chi connectivity index (χ2n) is 7.21. The number of benzene rings is 2. The predicted octanol–water partition coefficient (Wildman–Crippen LogP) is 3.85. The van der Waals surface area contributed by atoms with Crippen LogP contribution in [0.15, 0.2) is 54.6 Å². The molecule has 0 radical (unpaired) electrons. The van der Waals surface area contributed by atoms with E-state index in [2.05, 4.69) is 20.4 Å². The minimum absolute atomic E-state index is 0.115. The number of aryl methyl sites for hydroxylation is 2. The molecule has 1 aliphatic heterocycles. The zero-order valence-corrected chi connectivity index (χ0v) is 16.7. The van der Waals surface area contributed by atoms with E-state index in [4.69, 9.17) is 4.74 Å². The monoisotopic (exact) mass is 388 g/mol. The van der Waals surface area contributed by atoms with Crippen molar-refractivity contribution in [1.82, 2.24) is 10.2 Å². The summed E-state index contributed by atoms with van der Waals surface area (Å²) in [6.45, 7) is 7.15. The quantitative estimate of drug-likeness (QED) is 0.735. The Labute approximate surface area is 170 Å². The number of ether oxygens (including phenoxy) is 1. The number of hydrogen-bond acceptors (Lipinski definition) is 5. The minimum Gasteiger partial charge on any atom is -0.378 e. The molecule has 0 spiro atoms. The molecular weight excluding hydrogens is 364 g/mol. The first-order valence-electron chi connectivity index (χ1n) is 9.75. The van der Waals surface area contributed by atoms with Crippen LogP contribution in [0.1, 0.15) is 21.5 Å². The Morgan fingerprint density at radius 2 is 1.69 bits per heavy atom. The summed E-state index contributed by atoms with van der Waals surface area (Å²) in [5, 5.41) is 11.7.